The molecule has 0 radical (unpaired) electrons. The van der Waals surface area contributed by atoms with Gasteiger partial charge in [0, 0.05) is 26.1 Å². The van der Waals surface area contributed by atoms with E-state index in [4.69, 9.17) is 14.6 Å². The summed E-state index contributed by atoms with van der Waals surface area (Å²) in [4.78, 5) is 16.2. The standard InChI is InChI=1S/C15H22N4O3S.CH2O2/c1-11-3-4-13-15(12(11)2)18-14(17-13)5-6-16-23(20,21)19-7-9-22-10-8-19;2-1-3/h3-4,16H,5-10H2,1-2H3,(H,17,18);1H,(H,2,3). The van der Waals surface area contributed by atoms with Crippen LogP contribution in [0.2, 0.25) is 0 Å². The topological polar surface area (TPSA) is 125 Å². The SMILES string of the molecule is Cc1ccc2[nH]c(CCNS(=O)(=O)N3CCOCC3)nc2c1C.O=CO. The van der Waals surface area contributed by atoms with Gasteiger partial charge in [-0.1, -0.05) is 6.07 Å². The van der Waals surface area contributed by atoms with Gasteiger partial charge in [0.05, 0.1) is 24.2 Å². The van der Waals surface area contributed by atoms with E-state index in [-0.39, 0.29) is 6.47 Å². The van der Waals surface area contributed by atoms with Crippen molar-refractivity contribution in [1.29, 1.82) is 0 Å². The molecule has 3 rings (SSSR count). The van der Waals surface area contributed by atoms with Crippen molar-refractivity contribution in [3.8, 4) is 0 Å². The van der Waals surface area contributed by atoms with E-state index in [1.165, 1.54) is 9.87 Å². The molecule has 0 unspecified atom stereocenters. The maximum absolute atomic E-state index is 12.2. The van der Waals surface area contributed by atoms with Crippen LogP contribution in [-0.4, -0.2) is 67.1 Å². The van der Waals surface area contributed by atoms with E-state index < -0.39 is 10.2 Å². The minimum atomic E-state index is -3.44. The summed E-state index contributed by atoms with van der Waals surface area (Å²) in [5.41, 5.74) is 4.29. The number of benzene rings is 1. The maximum atomic E-state index is 12.2. The summed E-state index contributed by atoms with van der Waals surface area (Å²) < 4.78 is 33.6. The van der Waals surface area contributed by atoms with Crippen molar-refractivity contribution in [3.63, 3.8) is 0 Å². The molecule has 0 saturated carbocycles. The molecule has 1 aliphatic rings. The van der Waals surface area contributed by atoms with Crippen molar-refractivity contribution in [2.24, 2.45) is 0 Å². The number of ether oxygens (including phenoxy) is 1. The first-order chi connectivity index (χ1) is 12.4. The summed E-state index contributed by atoms with van der Waals surface area (Å²) >= 11 is 0. The van der Waals surface area contributed by atoms with Gasteiger partial charge in [-0.15, -0.1) is 0 Å². The number of fused-ring (bicyclic) bond motifs is 1. The highest BCUT2D eigenvalue weighted by Gasteiger charge is 2.23. The number of nitrogens with zero attached hydrogens (tertiary/aromatic N) is 2. The number of hydrogen-bond donors (Lipinski definition) is 3. The van der Waals surface area contributed by atoms with Crippen LogP contribution in [0.3, 0.4) is 0 Å². The maximum Gasteiger partial charge on any atom is 0.290 e. The van der Waals surface area contributed by atoms with Crippen molar-refractivity contribution in [1.82, 2.24) is 19.0 Å². The molecule has 1 aromatic carbocycles. The monoisotopic (exact) mass is 384 g/mol. The Kier molecular flexibility index (Phi) is 7.09. The van der Waals surface area contributed by atoms with E-state index in [9.17, 15) is 8.42 Å². The molecule has 1 aliphatic heterocycles. The third-order valence-electron chi connectivity index (χ3n) is 4.18. The average Bonchev–Trinajstić information content (AvgIpc) is 3.03. The Labute approximate surface area is 152 Å². The normalized spacial score (nSPS) is 15.5. The molecule has 9 nitrogen and oxygen atoms in total. The summed E-state index contributed by atoms with van der Waals surface area (Å²) in [6.45, 7) is 5.86. The fraction of sp³-hybridized carbons (Fsp3) is 0.500. The quantitative estimate of drug-likeness (QED) is 0.648. The first kappa shape index (κ1) is 20.3. The van der Waals surface area contributed by atoms with Gasteiger partial charge in [0.15, 0.2) is 0 Å². The van der Waals surface area contributed by atoms with Crippen LogP contribution in [-0.2, 0) is 26.2 Å². The Morgan fingerprint density at radius 1 is 1.35 bits per heavy atom. The van der Waals surface area contributed by atoms with E-state index in [2.05, 4.69) is 27.7 Å². The summed E-state index contributed by atoms with van der Waals surface area (Å²) in [6, 6.07) is 4.06. The predicted molar refractivity (Wildman–Crippen MR) is 97.3 cm³/mol. The molecule has 144 valence electrons. The van der Waals surface area contributed by atoms with Gasteiger partial charge in [0.2, 0.25) is 0 Å². The van der Waals surface area contributed by atoms with Gasteiger partial charge in [0.25, 0.3) is 16.7 Å². The molecule has 2 heterocycles. The molecule has 0 aliphatic carbocycles. The molecule has 10 heteroatoms. The number of aromatic amines is 1. The van der Waals surface area contributed by atoms with Crippen molar-refractivity contribution in [3.05, 3.63) is 29.1 Å². The molecule has 3 N–H and O–H groups in total. The number of morpholine rings is 1. The van der Waals surface area contributed by atoms with Gasteiger partial charge >= 0.3 is 0 Å². The number of carboxylic acid groups (broad SMARTS) is 1. The van der Waals surface area contributed by atoms with E-state index in [1.807, 2.05) is 13.0 Å². The smallest absolute Gasteiger partial charge is 0.290 e. The minimum absolute atomic E-state index is 0.250. The Bertz CT molecular complexity index is 844. The van der Waals surface area contributed by atoms with Gasteiger partial charge in [-0.2, -0.15) is 12.7 Å². The van der Waals surface area contributed by atoms with E-state index in [0.717, 1.165) is 22.4 Å². The number of aryl methyl sites for hydroxylation is 2. The number of rotatable bonds is 5. The number of imidazole rings is 1. The van der Waals surface area contributed by atoms with Gasteiger partial charge < -0.3 is 14.8 Å². The number of aromatic nitrogens is 2. The second-order valence-electron chi connectivity index (χ2n) is 5.85. The molecule has 2 aromatic rings. The minimum Gasteiger partial charge on any atom is -0.483 e. The number of H-pyrrole nitrogens is 1. The highest BCUT2D eigenvalue weighted by Crippen LogP contribution is 2.19. The summed E-state index contributed by atoms with van der Waals surface area (Å²) in [5, 5.41) is 6.89. The number of hydrogen-bond acceptors (Lipinski definition) is 5. The zero-order chi connectivity index (χ0) is 19.2. The van der Waals surface area contributed by atoms with Gasteiger partial charge in [-0.05, 0) is 31.0 Å². The summed E-state index contributed by atoms with van der Waals surface area (Å²) in [6.07, 6.45) is 0.525. The Morgan fingerprint density at radius 3 is 2.65 bits per heavy atom. The molecule has 0 bridgehead atoms. The third-order valence-corrected chi connectivity index (χ3v) is 5.80. The van der Waals surface area contributed by atoms with Crippen LogP contribution in [0.15, 0.2) is 12.1 Å². The molecule has 1 aromatic heterocycles. The first-order valence-corrected chi connectivity index (χ1v) is 9.68. The lowest BCUT2D eigenvalue weighted by molar-refractivity contribution is -0.122. The van der Waals surface area contributed by atoms with Crippen LogP contribution in [0.25, 0.3) is 11.0 Å². The Morgan fingerprint density at radius 2 is 2.00 bits per heavy atom. The van der Waals surface area contributed by atoms with Crippen molar-refractivity contribution in [2.45, 2.75) is 20.3 Å². The second-order valence-corrected chi connectivity index (χ2v) is 7.61. The first-order valence-electron chi connectivity index (χ1n) is 8.24. The molecule has 26 heavy (non-hydrogen) atoms. The third kappa shape index (κ3) is 5.01. The fourth-order valence-corrected chi connectivity index (χ4v) is 3.83. The lowest BCUT2D eigenvalue weighted by Crippen LogP contribution is -2.47. The average molecular weight is 384 g/mol. The Hall–Kier alpha value is -2.01. The zero-order valence-corrected chi connectivity index (χ0v) is 15.7. The van der Waals surface area contributed by atoms with Crippen LogP contribution < -0.4 is 4.72 Å². The van der Waals surface area contributed by atoms with Crippen LogP contribution in [0, 0.1) is 13.8 Å². The highest BCUT2D eigenvalue weighted by atomic mass is 32.2. The summed E-state index contributed by atoms with van der Waals surface area (Å²) in [7, 11) is -3.44. The van der Waals surface area contributed by atoms with Crippen LogP contribution in [0.4, 0.5) is 0 Å². The largest absolute Gasteiger partial charge is 0.483 e. The van der Waals surface area contributed by atoms with Crippen LogP contribution in [0.1, 0.15) is 17.0 Å². The summed E-state index contributed by atoms with van der Waals surface area (Å²) in [5.74, 6) is 0.790. The van der Waals surface area contributed by atoms with Gasteiger partial charge in [-0.25, -0.2) is 9.71 Å². The molecule has 0 atom stereocenters. The molecule has 0 amide bonds. The van der Waals surface area contributed by atoms with Crippen LogP contribution in [0.5, 0.6) is 0 Å². The zero-order valence-electron chi connectivity index (χ0n) is 14.9. The van der Waals surface area contributed by atoms with E-state index >= 15 is 0 Å². The second kappa shape index (κ2) is 9.08. The molecule has 1 fully saturated rings. The van der Waals surface area contributed by atoms with E-state index in [1.54, 1.807) is 0 Å². The lowest BCUT2D eigenvalue weighted by Gasteiger charge is -2.25. The fourth-order valence-electron chi connectivity index (χ4n) is 2.66. The van der Waals surface area contributed by atoms with Gasteiger partial charge in [0.1, 0.15) is 5.82 Å². The molecule has 0 spiro atoms. The molecule has 1 saturated heterocycles. The Balaban J connectivity index is 0.000000758. The van der Waals surface area contributed by atoms with Crippen LogP contribution >= 0.6 is 0 Å². The highest BCUT2D eigenvalue weighted by molar-refractivity contribution is 7.87. The van der Waals surface area contributed by atoms with Crippen molar-refractivity contribution >= 4 is 27.7 Å². The van der Waals surface area contributed by atoms with Gasteiger partial charge in [-0.3, -0.25) is 4.79 Å². The predicted octanol–water partition coefficient (Wildman–Crippen LogP) is 0.590. The lowest BCUT2D eigenvalue weighted by atomic mass is 10.1. The molecular weight excluding hydrogens is 360 g/mol. The number of carbonyl (C=O) groups is 1. The molecular formula is C16H24N4O5S. The van der Waals surface area contributed by atoms with E-state index in [0.29, 0.717) is 39.3 Å². The number of nitrogens with one attached hydrogen (secondary N) is 2. The van der Waals surface area contributed by atoms with Crippen molar-refractivity contribution in [2.75, 3.05) is 32.8 Å². The van der Waals surface area contributed by atoms with Crippen molar-refractivity contribution < 1.29 is 23.1 Å².